The minimum absolute atomic E-state index is 0. The Kier molecular flexibility index (Phi) is 4.42. The van der Waals surface area contributed by atoms with Gasteiger partial charge in [0.2, 0.25) is 5.91 Å². The number of fused-ring (bicyclic) bond motifs is 1. The molecule has 0 saturated heterocycles. The quantitative estimate of drug-likeness (QED) is 0.764. The molecule has 0 radical (unpaired) electrons. The molecule has 2 rings (SSSR count). The van der Waals surface area contributed by atoms with Crippen LogP contribution in [0, 0.1) is 0 Å². The molecule has 0 bridgehead atoms. The molecule has 7 heteroatoms. The minimum Gasteiger partial charge on any atom is -0.325 e. The highest BCUT2D eigenvalue weighted by molar-refractivity contribution is 5.96. The molecular formula is C10H14ClN5O. The number of benzene rings is 1. The Labute approximate surface area is 104 Å². The molecule has 0 saturated carbocycles. The normalized spacial score (nSPS) is 11.9. The summed E-state index contributed by atoms with van der Waals surface area (Å²) in [6, 6.07) is 4.82. The molecular weight excluding hydrogens is 242 g/mol. The van der Waals surface area contributed by atoms with E-state index < -0.39 is 6.04 Å². The molecule has 17 heavy (non-hydrogen) atoms. The third-order valence-electron chi connectivity index (χ3n) is 2.36. The molecule has 0 spiro atoms. The van der Waals surface area contributed by atoms with Crippen molar-refractivity contribution < 1.29 is 4.79 Å². The summed E-state index contributed by atoms with van der Waals surface area (Å²) in [5.74, 6) is -0.189. The molecule has 0 aliphatic carbocycles. The molecule has 1 aromatic carbocycles. The molecule has 92 valence electrons. The number of carbonyl (C=O) groups is 1. The predicted octanol–water partition coefficient (Wildman–Crippen LogP) is 1.06. The highest BCUT2D eigenvalue weighted by Crippen LogP contribution is 2.14. The van der Waals surface area contributed by atoms with Gasteiger partial charge in [0.25, 0.3) is 0 Å². The largest absolute Gasteiger partial charge is 0.325 e. The summed E-state index contributed by atoms with van der Waals surface area (Å²) >= 11 is 0. The number of aromatic nitrogens is 3. The van der Waals surface area contributed by atoms with Crippen LogP contribution in [0.25, 0.3) is 11.0 Å². The first-order chi connectivity index (χ1) is 7.70. The first-order valence-corrected chi connectivity index (χ1v) is 5.07. The van der Waals surface area contributed by atoms with E-state index in [9.17, 15) is 4.79 Å². The van der Waals surface area contributed by atoms with Crippen molar-refractivity contribution in [3.05, 3.63) is 18.2 Å². The van der Waals surface area contributed by atoms with Gasteiger partial charge in [-0.25, -0.2) is 0 Å². The van der Waals surface area contributed by atoms with Crippen molar-refractivity contribution in [1.82, 2.24) is 15.4 Å². The van der Waals surface area contributed by atoms with Crippen LogP contribution in [0.4, 0.5) is 5.69 Å². The fraction of sp³-hybridized carbons (Fsp3) is 0.300. The van der Waals surface area contributed by atoms with Crippen molar-refractivity contribution in [2.75, 3.05) is 5.32 Å². The summed E-state index contributed by atoms with van der Waals surface area (Å²) < 4.78 is 0. The van der Waals surface area contributed by atoms with E-state index in [4.69, 9.17) is 5.73 Å². The number of aromatic amines is 1. The van der Waals surface area contributed by atoms with Gasteiger partial charge in [-0.15, -0.1) is 12.4 Å². The summed E-state index contributed by atoms with van der Waals surface area (Å²) in [6.07, 6.45) is 0.609. The van der Waals surface area contributed by atoms with Crippen molar-refractivity contribution in [3.8, 4) is 0 Å². The van der Waals surface area contributed by atoms with Gasteiger partial charge >= 0.3 is 0 Å². The van der Waals surface area contributed by atoms with Gasteiger partial charge in [0.1, 0.15) is 11.0 Å². The number of H-pyrrole nitrogens is 1. The smallest absolute Gasteiger partial charge is 0.241 e. The molecule has 1 amide bonds. The standard InChI is InChI=1S/C10H13N5O.ClH/c1-2-7(11)10(16)12-6-3-4-8-9(5-6)14-15-13-8;/h3-5,7H,2,11H2,1H3,(H,12,16)(H,13,14,15);1H/t7-;/m0./s1. The second kappa shape index (κ2) is 5.60. The number of carbonyl (C=O) groups excluding carboxylic acids is 1. The van der Waals surface area contributed by atoms with E-state index in [-0.39, 0.29) is 18.3 Å². The second-order valence-electron chi connectivity index (χ2n) is 3.53. The van der Waals surface area contributed by atoms with Crippen LogP contribution in [-0.4, -0.2) is 27.4 Å². The van der Waals surface area contributed by atoms with Crippen LogP contribution < -0.4 is 11.1 Å². The van der Waals surface area contributed by atoms with Crippen LogP contribution in [0.15, 0.2) is 18.2 Å². The van der Waals surface area contributed by atoms with Gasteiger partial charge in [-0.2, -0.15) is 15.4 Å². The summed E-state index contributed by atoms with van der Waals surface area (Å²) in [4.78, 5) is 11.5. The fourth-order valence-corrected chi connectivity index (χ4v) is 1.34. The van der Waals surface area contributed by atoms with Gasteiger partial charge in [-0.05, 0) is 24.6 Å². The highest BCUT2D eigenvalue weighted by atomic mass is 35.5. The maximum Gasteiger partial charge on any atom is 0.241 e. The third kappa shape index (κ3) is 2.92. The van der Waals surface area contributed by atoms with E-state index in [0.717, 1.165) is 5.52 Å². The number of nitrogens with zero attached hydrogens (tertiary/aromatic N) is 2. The molecule has 1 atom stereocenters. The Balaban J connectivity index is 0.00000144. The predicted molar refractivity (Wildman–Crippen MR) is 68.0 cm³/mol. The molecule has 0 aliphatic heterocycles. The number of amides is 1. The first-order valence-electron chi connectivity index (χ1n) is 5.07. The van der Waals surface area contributed by atoms with E-state index in [1.165, 1.54) is 0 Å². The van der Waals surface area contributed by atoms with E-state index >= 15 is 0 Å². The zero-order valence-electron chi connectivity index (χ0n) is 9.30. The fourth-order valence-electron chi connectivity index (χ4n) is 1.34. The lowest BCUT2D eigenvalue weighted by Crippen LogP contribution is -2.34. The van der Waals surface area contributed by atoms with Crippen molar-refractivity contribution >= 4 is 35.0 Å². The molecule has 6 nitrogen and oxygen atoms in total. The lowest BCUT2D eigenvalue weighted by molar-refractivity contribution is -0.117. The first kappa shape index (κ1) is 13.4. The van der Waals surface area contributed by atoms with Gasteiger partial charge in [-0.3, -0.25) is 4.79 Å². The van der Waals surface area contributed by atoms with E-state index in [1.807, 2.05) is 6.92 Å². The molecule has 2 aromatic rings. The van der Waals surface area contributed by atoms with Crippen LogP contribution in [0.2, 0.25) is 0 Å². The van der Waals surface area contributed by atoms with Crippen molar-refractivity contribution in [3.63, 3.8) is 0 Å². The molecule has 1 heterocycles. The van der Waals surface area contributed by atoms with Crippen LogP contribution in [0.5, 0.6) is 0 Å². The number of hydrogen-bond donors (Lipinski definition) is 3. The van der Waals surface area contributed by atoms with Gasteiger partial charge in [0, 0.05) is 5.69 Å². The van der Waals surface area contributed by atoms with Crippen LogP contribution in [0.1, 0.15) is 13.3 Å². The van der Waals surface area contributed by atoms with E-state index in [1.54, 1.807) is 18.2 Å². The maximum atomic E-state index is 11.5. The highest BCUT2D eigenvalue weighted by Gasteiger charge is 2.11. The topological polar surface area (TPSA) is 96.7 Å². The lowest BCUT2D eigenvalue weighted by atomic mass is 10.2. The van der Waals surface area contributed by atoms with Crippen molar-refractivity contribution in [1.29, 1.82) is 0 Å². The Morgan fingerprint density at radius 3 is 2.88 bits per heavy atom. The van der Waals surface area contributed by atoms with Gasteiger partial charge in [-0.1, -0.05) is 6.92 Å². The molecule has 0 aliphatic rings. The average Bonchev–Trinajstić information content (AvgIpc) is 2.75. The zero-order chi connectivity index (χ0) is 11.5. The Bertz CT molecular complexity index is 512. The minimum atomic E-state index is -0.479. The number of nitrogens with one attached hydrogen (secondary N) is 2. The number of hydrogen-bond acceptors (Lipinski definition) is 4. The third-order valence-corrected chi connectivity index (χ3v) is 2.36. The number of nitrogens with two attached hydrogens (primary N) is 1. The van der Waals surface area contributed by atoms with Gasteiger partial charge in [0.05, 0.1) is 6.04 Å². The molecule has 0 unspecified atom stereocenters. The summed E-state index contributed by atoms with van der Waals surface area (Å²) in [5, 5.41) is 13.1. The molecule has 4 N–H and O–H groups in total. The van der Waals surface area contributed by atoms with E-state index in [0.29, 0.717) is 17.6 Å². The van der Waals surface area contributed by atoms with Crippen LogP contribution >= 0.6 is 12.4 Å². The summed E-state index contributed by atoms with van der Waals surface area (Å²) in [6.45, 7) is 1.87. The summed E-state index contributed by atoms with van der Waals surface area (Å²) in [5.41, 5.74) is 7.76. The van der Waals surface area contributed by atoms with Crippen molar-refractivity contribution in [2.24, 2.45) is 5.73 Å². The SMILES string of the molecule is CC[C@H](N)C(=O)Nc1ccc2n[nH]nc2c1.Cl. The lowest BCUT2D eigenvalue weighted by Gasteiger charge is -2.09. The number of anilines is 1. The second-order valence-corrected chi connectivity index (χ2v) is 3.53. The van der Waals surface area contributed by atoms with Crippen molar-refractivity contribution in [2.45, 2.75) is 19.4 Å². The number of halogens is 1. The van der Waals surface area contributed by atoms with Gasteiger partial charge in [0.15, 0.2) is 0 Å². The Morgan fingerprint density at radius 2 is 2.18 bits per heavy atom. The molecule has 0 fully saturated rings. The van der Waals surface area contributed by atoms with Gasteiger partial charge < -0.3 is 11.1 Å². The Hall–Kier alpha value is -1.66. The van der Waals surface area contributed by atoms with E-state index in [2.05, 4.69) is 20.7 Å². The Morgan fingerprint density at radius 1 is 1.47 bits per heavy atom. The monoisotopic (exact) mass is 255 g/mol. The number of rotatable bonds is 3. The summed E-state index contributed by atoms with van der Waals surface area (Å²) in [7, 11) is 0. The molecule has 1 aromatic heterocycles. The van der Waals surface area contributed by atoms with Crippen LogP contribution in [-0.2, 0) is 4.79 Å². The zero-order valence-corrected chi connectivity index (χ0v) is 10.1. The van der Waals surface area contributed by atoms with Crippen LogP contribution in [0.3, 0.4) is 0 Å². The average molecular weight is 256 g/mol. The maximum absolute atomic E-state index is 11.5.